The first-order chi connectivity index (χ1) is 11.6. The van der Waals surface area contributed by atoms with Gasteiger partial charge in [0.2, 0.25) is 0 Å². The monoisotopic (exact) mass is 364 g/mol. The van der Waals surface area contributed by atoms with Crippen molar-refractivity contribution in [3.05, 3.63) is 42.0 Å². The van der Waals surface area contributed by atoms with Crippen LogP contribution in [0, 0.1) is 5.92 Å². The summed E-state index contributed by atoms with van der Waals surface area (Å²) in [5, 5.41) is 13.9. The Kier molecular flexibility index (Phi) is 6.22. The molecule has 0 saturated carbocycles. The van der Waals surface area contributed by atoms with E-state index in [1.165, 1.54) is 0 Å². The Morgan fingerprint density at radius 3 is 2.36 bits per heavy atom. The Balaban J connectivity index is 0.00000225. The molecule has 1 saturated heterocycles. The second kappa shape index (κ2) is 8.18. The largest absolute Gasteiger partial charge is 0.480 e. The molecule has 25 heavy (non-hydrogen) atoms. The van der Waals surface area contributed by atoms with Crippen LogP contribution >= 0.6 is 12.4 Å². The summed E-state index contributed by atoms with van der Waals surface area (Å²) in [6.45, 7) is 1.03. The summed E-state index contributed by atoms with van der Waals surface area (Å²) >= 11 is 0. The van der Waals surface area contributed by atoms with Crippen LogP contribution in [0.5, 0.6) is 0 Å². The minimum absolute atomic E-state index is 0. The number of anilines is 1. The molecule has 7 heteroatoms. The van der Waals surface area contributed by atoms with Gasteiger partial charge in [-0.15, -0.1) is 12.4 Å². The lowest BCUT2D eigenvalue weighted by atomic mass is 9.91. The van der Waals surface area contributed by atoms with Crippen molar-refractivity contribution in [3.63, 3.8) is 0 Å². The molecule has 0 aromatic heterocycles. The highest BCUT2D eigenvalue weighted by atomic mass is 35.5. The first-order valence-corrected chi connectivity index (χ1v) is 7.96. The highest BCUT2D eigenvalue weighted by Crippen LogP contribution is 2.23. The number of fused-ring (bicyclic) bond motifs is 1. The maximum Gasteiger partial charge on any atom is 0.326 e. The van der Waals surface area contributed by atoms with Gasteiger partial charge in [0.15, 0.2) is 0 Å². The summed E-state index contributed by atoms with van der Waals surface area (Å²) in [4.78, 5) is 24.2. The molecule has 0 bridgehead atoms. The van der Waals surface area contributed by atoms with Crippen LogP contribution in [0.15, 0.2) is 36.4 Å². The number of hydrogen-bond donors (Lipinski definition) is 3. The number of rotatable bonds is 4. The topological polar surface area (TPSA) is 102 Å². The molecular formula is C18H21ClN2O4. The van der Waals surface area contributed by atoms with Crippen molar-refractivity contribution >= 4 is 40.7 Å². The number of nitrogens with two attached hydrogens (primary N) is 1. The van der Waals surface area contributed by atoms with Gasteiger partial charge in [0.1, 0.15) is 6.04 Å². The van der Waals surface area contributed by atoms with Gasteiger partial charge in [0, 0.05) is 18.9 Å². The number of carboxylic acid groups (broad SMARTS) is 1. The Bertz CT molecular complexity index is 775. The molecular weight excluding hydrogens is 344 g/mol. The van der Waals surface area contributed by atoms with Crippen molar-refractivity contribution in [2.75, 3.05) is 18.9 Å². The van der Waals surface area contributed by atoms with E-state index in [1.54, 1.807) is 12.1 Å². The summed E-state index contributed by atoms with van der Waals surface area (Å²) in [6, 6.07) is 10.1. The third-order valence-corrected chi connectivity index (χ3v) is 4.45. The summed E-state index contributed by atoms with van der Waals surface area (Å²) < 4.78 is 5.26. The Hall–Kier alpha value is -2.31. The molecule has 1 unspecified atom stereocenters. The maximum absolute atomic E-state index is 12.6. The van der Waals surface area contributed by atoms with E-state index in [0.717, 1.165) is 10.8 Å². The molecule has 1 aliphatic rings. The van der Waals surface area contributed by atoms with Crippen molar-refractivity contribution in [2.24, 2.45) is 5.92 Å². The van der Waals surface area contributed by atoms with E-state index in [4.69, 9.17) is 10.5 Å². The van der Waals surface area contributed by atoms with E-state index < -0.39 is 17.9 Å². The molecule has 0 aliphatic carbocycles. The zero-order valence-electron chi connectivity index (χ0n) is 13.6. The van der Waals surface area contributed by atoms with Gasteiger partial charge in [-0.1, -0.05) is 24.3 Å². The van der Waals surface area contributed by atoms with Gasteiger partial charge in [-0.2, -0.15) is 0 Å². The number of carboxylic acids is 1. The van der Waals surface area contributed by atoms with Crippen LogP contribution in [0.25, 0.3) is 10.8 Å². The number of nitrogen functional groups attached to an aromatic ring is 1. The predicted molar refractivity (Wildman–Crippen MR) is 98.0 cm³/mol. The van der Waals surface area contributed by atoms with Crippen LogP contribution in [0.2, 0.25) is 0 Å². The second-order valence-electron chi connectivity index (χ2n) is 6.03. The normalized spacial score (nSPS) is 16.0. The Morgan fingerprint density at radius 2 is 1.76 bits per heavy atom. The van der Waals surface area contributed by atoms with Crippen molar-refractivity contribution < 1.29 is 19.4 Å². The van der Waals surface area contributed by atoms with Crippen molar-refractivity contribution in [3.8, 4) is 0 Å². The van der Waals surface area contributed by atoms with E-state index in [0.29, 0.717) is 37.3 Å². The second-order valence-corrected chi connectivity index (χ2v) is 6.03. The summed E-state index contributed by atoms with van der Waals surface area (Å²) in [6.07, 6.45) is 1.23. The molecule has 6 nitrogen and oxygen atoms in total. The smallest absolute Gasteiger partial charge is 0.326 e. The molecule has 1 aliphatic heterocycles. The number of carbonyl (C=O) groups is 2. The summed E-state index contributed by atoms with van der Waals surface area (Å²) in [7, 11) is 0. The highest BCUT2D eigenvalue weighted by Gasteiger charge is 2.31. The predicted octanol–water partition coefficient (Wildman–Crippen LogP) is 2.45. The van der Waals surface area contributed by atoms with E-state index in [2.05, 4.69) is 5.32 Å². The van der Waals surface area contributed by atoms with Gasteiger partial charge in [-0.25, -0.2) is 4.79 Å². The van der Waals surface area contributed by atoms with Crippen LogP contribution in [0.1, 0.15) is 23.2 Å². The van der Waals surface area contributed by atoms with Gasteiger partial charge in [-0.05, 0) is 41.7 Å². The minimum Gasteiger partial charge on any atom is -0.480 e. The lowest BCUT2D eigenvalue weighted by Crippen LogP contribution is -2.47. The van der Waals surface area contributed by atoms with Crippen molar-refractivity contribution in [1.29, 1.82) is 0 Å². The number of ether oxygens (including phenoxy) is 1. The average molecular weight is 365 g/mol. The molecule has 2 aromatic carbocycles. The van der Waals surface area contributed by atoms with E-state index in [1.807, 2.05) is 24.3 Å². The molecule has 134 valence electrons. The molecule has 1 fully saturated rings. The zero-order chi connectivity index (χ0) is 17.1. The number of benzene rings is 2. The SMILES string of the molecule is Cl.Nc1cc2ccccc2cc1C(=O)NC(C(=O)O)C1CCOCC1. The molecule has 3 rings (SSSR count). The third-order valence-electron chi connectivity index (χ3n) is 4.45. The number of carbonyl (C=O) groups excluding carboxylic acids is 1. The van der Waals surface area contributed by atoms with Gasteiger partial charge < -0.3 is 20.9 Å². The van der Waals surface area contributed by atoms with E-state index in [-0.39, 0.29) is 18.3 Å². The standard InChI is InChI=1S/C18H20N2O4.ClH/c19-15-10-13-4-2-1-3-12(13)9-14(15)17(21)20-16(18(22)23)11-5-7-24-8-6-11;/h1-4,9-11,16H,5-8,19H2,(H,20,21)(H,22,23);1H. The zero-order valence-corrected chi connectivity index (χ0v) is 14.4. The number of nitrogens with one attached hydrogen (secondary N) is 1. The van der Waals surface area contributed by atoms with Crippen LogP contribution < -0.4 is 11.1 Å². The van der Waals surface area contributed by atoms with E-state index >= 15 is 0 Å². The fraction of sp³-hybridized carbons (Fsp3) is 0.333. The fourth-order valence-corrected chi connectivity index (χ4v) is 3.10. The lowest BCUT2D eigenvalue weighted by Gasteiger charge is -2.28. The van der Waals surface area contributed by atoms with Crippen molar-refractivity contribution in [1.82, 2.24) is 5.32 Å². The summed E-state index contributed by atoms with van der Waals surface area (Å²) in [5.41, 5.74) is 6.62. The molecule has 1 amide bonds. The lowest BCUT2D eigenvalue weighted by molar-refractivity contribution is -0.141. The molecule has 4 N–H and O–H groups in total. The molecule has 2 aromatic rings. The molecule has 1 heterocycles. The van der Waals surface area contributed by atoms with Crippen molar-refractivity contribution in [2.45, 2.75) is 18.9 Å². The summed E-state index contributed by atoms with van der Waals surface area (Å²) in [5.74, 6) is -1.63. The van der Waals surface area contributed by atoms with Crippen LogP contribution in [-0.4, -0.2) is 36.2 Å². The highest BCUT2D eigenvalue weighted by molar-refractivity contribution is 6.05. The number of hydrogen-bond acceptors (Lipinski definition) is 4. The van der Waals surface area contributed by atoms with E-state index in [9.17, 15) is 14.7 Å². The Morgan fingerprint density at radius 1 is 1.16 bits per heavy atom. The average Bonchev–Trinajstić information content (AvgIpc) is 2.59. The first-order valence-electron chi connectivity index (χ1n) is 7.96. The quantitative estimate of drug-likeness (QED) is 0.723. The van der Waals surface area contributed by atoms with Gasteiger partial charge in [-0.3, -0.25) is 4.79 Å². The number of halogens is 1. The minimum atomic E-state index is -1.03. The number of aliphatic carboxylic acids is 1. The number of amides is 1. The molecule has 0 radical (unpaired) electrons. The first kappa shape index (κ1) is 19.0. The Labute approximate surface area is 151 Å². The van der Waals surface area contributed by atoms with Crippen LogP contribution in [-0.2, 0) is 9.53 Å². The molecule has 1 atom stereocenters. The van der Waals surface area contributed by atoms with Gasteiger partial charge in [0.25, 0.3) is 5.91 Å². The van der Waals surface area contributed by atoms with Gasteiger partial charge in [0.05, 0.1) is 5.56 Å². The van der Waals surface area contributed by atoms with Gasteiger partial charge >= 0.3 is 5.97 Å². The third kappa shape index (κ3) is 4.21. The fourth-order valence-electron chi connectivity index (χ4n) is 3.10. The van der Waals surface area contributed by atoms with Crippen LogP contribution in [0.4, 0.5) is 5.69 Å². The molecule has 0 spiro atoms. The van der Waals surface area contributed by atoms with Crippen LogP contribution in [0.3, 0.4) is 0 Å². The maximum atomic E-state index is 12.6.